The minimum Gasteiger partial charge on any atom is -0.383 e. The van der Waals surface area contributed by atoms with Crippen LogP contribution in [0.2, 0.25) is 0 Å². The number of rotatable bonds is 4. The maximum atomic E-state index is 13.0. The summed E-state index contributed by atoms with van der Waals surface area (Å²) in [6, 6.07) is 7.32. The van der Waals surface area contributed by atoms with Gasteiger partial charge < -0.3 is 16.0 Å². The summed E-state index contributed by atoms with van der Waals surface area (Å²) in [4.78, 5) is 39.8. The number of aromatic nitrogens is 2. The molecule has 144 valence electrons. The Labute approximate surface area is 157 Å². The third-order valence-corrected chi connectivity index (χ3v) is 4.85. The van der Waals surface area contributed by atoms with E-state index in [4.69, 9.17) is 5.73 Å². The van der Waals surface area contributed by atoms with Gasteiger partial charge in [-0.3, -0.25) is 14.2 Å². The summed E-state index contributed by atoms with van der Waals surface area (Å²) in [6.07, 6.45) is 3.04. The van der Waals surface area contributed by atoms with Gasteiger partial charge >= 0.3 is 5.69 Å². The molecule has 1 amide bonds. The molecule has 8 nitrogen and oxygen atoms in total. The number of aryl methyl sites for hydroxylation is 1. The molecule has 0 aliphatic carbocycles. The standard InChI is InChI=1S/C19H25N5O3/c1-13-7-6-8-14(11-13)21-15(25)12-24-18(26)16(17(20)22(2)19(24)27)23-9-4-3-5-10-23/h6-8,11H,3-5,9-10,12,20H2,1-2H3,(H,21,25). The lowest BCUT2D eigenvalue weighted by atomic mass is 10.1. The van der Waals surface area contributed by atoms with Crippen molar-refractivity contribution in [2.45, 2.75) is 32.7 Å². The van der Waals surface area contributed by atoms with E-state index in [1.165, 1.54) is 11.6 Å². The normalized spacial score (nSPS) is 14.2. The first-order valence-electron chi connectivity index (χ1n) is 9.09. The number of nitrogens with two attached hydrogens (primary N) is 1. The Morgan fingerprint density at radius 3 is 2.56 bits per heavy atom. The van der Waals surface area contributed by atoms with Crippen molar-refractivity contribution >= 4 is 23.1 Å². The van der Waals surface area contributed by atoms with Crippen LogP contribution in [-0.4, -0.2) is 28.1 Å². The Morgan fingerprint density at radius 2 is 1.89 bits per heavy atom. The number of nitrogen functional groups attached to an aromatic ring is 1. The summed E-state index contributed by atoms with van der Waals surface area (Å²) in [5.74, 6) is -0.295. The van der Waals surface area contributed by atoms with E-state index < -0.39 is 17.2 Å². The molecule has 1 saturated heterocycles. The van der Waals surface area contributed by atoms with Crippen LogP contribution in [0.3, 0.4) is 0 Å². The highest BCUT2D eigenvalue weighted by molar-refractivity contribution is 5.90. The van der Waals surface area contributed by atoms with Crippen molar-refractivity contribution in [3.05, 3.63) is 50.7 Å². The van der Waals surface area contributed by atoms with Crippen LogP contribution in [0.15, 0.2) is 33.9 Å². The topological polar surface area (TPSA) is 102 Å². The molecule has 1 aromatic heterocycles. The molecule has 8 heteroatoms. The van der Waals surface area contributed by atoms with Crippen LogP contribution in [-0.2, 0) is 18.4 Å². The maximum absolute atomic E-state index is 13.0. The lowest BCUT2D eigenvalue weighted by molar-refractivity contribution is -0.116. The number of piperidine rings is 1. The second-order valence-electron chi connectivity index (χ2n) is 6.93. The van der Waals surface area contributed by atoms with E-state index in [2.05, 4.69) is 5.32 Å². The van der Waals surface area contributed by atoms with E-state index in [1.807, 2.05) is 30.0 Å². The predicted octanol–water partition coefficient (Wildman–Crippen LogP) is 1.07. The Kier molecular flexibility index (Phi) is 5.34. The highest BCUT2D eigenvalue weighted by Gasteiger charge is 2.23. The number of carbonyl (C=O) groups excluding carboxylic acids is 1. The Balaban J connectivity index is 1.92. The average molecular weight is 371 g/mol. The van der Waals surface area contributed by atoms with Crippen molar-refractivity contribution in [2.24, 2.45) is 7.05 Å². The van der Waals surface area contributed by atoms with E-state index in [9.17, 15) is 14.4 Å². The molecular formula is C19H25N5O3. The van der Waals surface area contributed by atoms with Gasteiger partial charge in [-0.25, -0.2) is 9.36 Å². The second-order valence-corrected chi connectivity index (χ2v) is 6.93. The largest absolute Gasteiger partial charge is 0.383 e. The molecule has 1 aliphatic rings. The molecule has 1 fully saturated rings. The molecule has 27 heavy (non-hydrogen) atoms. The molecule has 2 heterocycles. The first-order chi connectivity index (χ1) is 12.9. The van der Waals surface area contributed by atoms with Crippen molar-refractivity contribution in [3.8, 4) is 0 Å². The fourth-order valence-corrected chi connectivity index (χ4v) is 3.39. The molecule has 3 N–H and O–H groups in total. The van der Waals surface area contributed by atoms with Crippen molar-refractivity contribution in [3.63, 3.8) is 0 Å². The summed E-state index contributed by atoms with van der Waals surface area (Å²) in [5.41, 5.74) is 6.87. The zero-order valence-electron chi connectivity index (χ0n) is 15.7. The minimum absolute atomic E-state index is 0.141. The fraction of sp³-hybridized carbons (Fsp3) is 0.421. The van der Waals surface area contributed by atoms with Gasteiger partial charge in [0.05, 0.1) is 0 Å². The molecular weight excluding hydrogens is 346 g/mol. The summed E-state index contributed by atoms with van der Waals surface area (Å²) in [5, 5.41) is 2.73. The van der Waals surface area contributed by atoms with Gasteiger partial charge in [0.25, 0.3) is 5.56 Å². The van der Waals surface area contributed by atoms with Crippen molar-refractivity contribution in [1.82, 2.24) is 9.13 Å². The van der Waals surface area contributed by atoms with Gasteiger partial charge in [-0.1, -0.05) is 12.1 Å². The minimum atomic E-state index is -0.599. The van der Waals surface area contributed by atoms with Crippen LogP contribution in [0.5, 0.6) is 0 Å². The third kappa shape index (κ3) is 3.89. The van der Waals surface area contributed by atoms with Gasteiger partial charge in [0, 0.05) is 25.8 Å². The first-order valence-corrected chi connectivity index (χ1v) is 9.09. The highest BCUT2D eigenvalue weighted by atomic mass is 16.2. The first kappa shape index (κ1) is 18.8. The van der Waals surface area contributed by atoms with Crippen LogP contribution in [0, 0.1) is 6.92 Å². The lowest BCUT2D eigenvalue weighted by Gasteiger charge is -2.29. The monoisotopic (exact) mass is 371 g/mol. The number of hydrogen-bond acceptors (Lipinski definition) is 5. The van der Waals surface area contributed by atoms with E-state index >= 15 is 0 Å². The maximum Gasteiger partial charge on any atom is 0.332 e. The Morgan fingerprint density at radius 1 is 1.19 bits per heavy atom. The molecule has 0 unspecified atom stereocenters. The molecule has 1 aromatic carbocycles. The summed E-state index contributed by atoms with van der Waals surface area (Å²) in [6.45, 7) is 2.99. The van der Waals surface area contributed by atoms with Crippen LogP contribution >= 0.6 is 0 Å². The second kappa shape index (κ2) is 7.69. The number of benzene rings is 1. The van der Waals surface area contributed by atoms with Crippen LogP contribution in [0.1, 0.15) is 24.8 Å². The van der Waals surface area contributed by atoms with Crippen LogP contribution in [0.25, 0.3) is 0 Å². The zero-order chi connectivity index (χ0) is 19.6. The summed E-state index contributed by atoms with van der Waals surface area (Å²) < 4.78 is 2.18. The number of anilines is 3. The Bertz CT molecular complexity index is 970. The molecule has 0 bridgehead atoms. The quantitative estimate of drug-likeness (QED) is 0.837. The van der Waals surface area contributed by atoms with Gasteiger partial charge in [-0.2, -0.15) is 0 Å². The molecule has 0 spiro atoms. The van der Waals surface area contributed by atoms with E-state index in [0.717, 1.165) is 29.4 Å². The molecule has 3 rings (SSSR count). The van der Waals surface area contributed by atoms with Gasteiger partial charge in [-0.15, -0.1) is 0 Å². The number of nitrogens with one attached hydrogen (secondary N) is 1. The molecule has 0 saturated carbocycles. The number of nitrogens with zero attached hydrogens (tertiary/aromatic N) is 3. The fourth-order valence-electron chi connectivity index (χ4n) is 3.39. The highest BCUT2D eigenvalue weighted by Crippen LogP contribution is 2.20. The number of amides is 1. The average Bonchev–Trinajstić information content (AvgIpc) is 2.65. The molecule has 2 aromatic rings. The van der Waals surface area contributed by atoms with Crippen LogP contribution < -0.4 is 27.2 Å². The number of carbonyl (C=O) groups is 1. The van der Waals surface area contributed by atoms with E-state index in [0.29, 0.717) is 24.5 Å². The number of hydrogen-bond donors (Lipinski definition) is 2. The summed E-state index contributed by atoms with van der Waals surface area (Å²) >= 11 is 0. The molecule has 0 radical (unpaired) electrons. The smallest absolute Gasteiger partial charge is 0.332 e. The van der Waals surface area contributed by atoms with Crippen molar-refractivity contribution in [1.29, 1.82) is 0 Å². The van der Waals surface area contributed by atoms with Gasteiger partial charge in [0.15, 0.2) is 0 Å². The lowest BCUT2D eigenvalue weighted by Crippen LogP contribution is -2.46. The molecule has 1 aliphatic heterocycles. The Hall–Kier alpha value is -3.03. The van der Waals surface area contributed by atoms with Crippen LogP contribution in [0.4, 0.5) is 17.2 Å². The van der Waals surface area contributed by atoms with Crippen molar-refractivity contribution < 1.29 is 4.79 Å². The van der Waals surface area contributed by atoms with Gasteiger partial charge in [-0.05, 0) is 43.9 Å². The SMILES string of the molecule is Cc1cccc(NC(=O)Cn2c(=O)c(N3CCCCC3)c(N)n(C)c2=O)c1. The van der Waals surface area contributed by atoms with Gasteiger partial charge in [0.2, 0.25) is 5.91 Å². The third-order valence-electron chi connectivity index (χ3n) is 4.85. The summed E-state index contributed by atoms with van der Waals surface area (Å²) in [7, 11) is 1.51. The van der Waals surface area contributed by atoms with Crippen molar-refractivity contribution in [2.75, 3.05) is 29.0 Å². The zero-order valence-corrected chi connectivity index (χ0v) is 15.7. The predicted molar refractivity (Wildman–Crippen MR) is 106 cm³/mol. The van der Waals surface area contributed by atoms with E-state index in [-0.39, 0.29) is 12.4 Å². The van der Waals surface area contributed by atoms with Gasteiger partial charge in [0.1, 0.15) is 18.1 Å². The molecule has 0 atom stereocenters. The van der Waals surface area contributed by atoms with E-state index in [1.54, 1.807) is 6.07 Å².